The minimum absolute atomic E-state index is 0.0128. The third kappa shape index (κ3) is 3.86. The number of fused-ring (bicyclic) bond motifs is 2. The molecule has 168 valence electrons. The third-order valence-corrected chi connectivity index (χ3v) is 5.52. The average molecular weight is 507 g/mol. The molecular weight excluding hydrogens is 488 g/mol. The predicted octanol–water partition coefficient (Wildman–Crippen LogP) is 0.934. The van der Waals surface area contributed by atoms with Crippen LogP contribution in [0.15, 0.2) is 31.3 Å². The highest BCUT2D eigenvalue weighted by Crippen LogP contribution is 2.36. The van der Waals surface area contributed by atoms with Gasteiger partial charge in [0.2, 0.25) is 12.7 Å². The Bertz CT molecular complexity index is 1370. The lowest BCUT2D eigenvalue weighted by Crippen LogP contribution is -2.37. The van der Waals surface area contributed by atoms with Crippen LogP contribution >= 0.6 is 15.9 Å². The van der Waals surface area contributed by atoms with Gasteiger partial charge in [-0.1, -0.05) is 0 Å². The van der Waals surface area contributed by atoms with Crippen molar-refractivity contribution in [2.45, 2.75) is 13.5 Å². The number of aryl methyl sites for hydroxylation is 1. The number of hydrogen-bond acceptors (Lipinski definition) is 9. The van der Waals surface area contributed by atoms with Crippen LogP contribution in [0.25, 0.3) is 11.2 Å². The Balaban J connectivity index is 1.71. The number of anilines is 1. The number of imidazole rings is 1. The molecule has 32 heavy (non-hydrogen) atoms. The second kappa shape index (κ2) is 8.49. The fraction of sp³-hybridized carbons (Fsp3) is 0.316. The van der Waals surface area contributed by atoms with Crippen LogP contribution in [0, 0.1) is 0 Å². The normalized spacial score (nSPS) is 12.6. The Hall–Kier alpha value is -3.61. The van der Waals surface area contributed by atoms with Crippen LogP contribution in [0.4, 0.5) is 5.95 Å². The summed E-state index contributed by atoms with van der Waals surface area (Å²) in [6.07, 6.45) is 1.54. The molecule has 2 aromatic heterocycles. The number of carbonyl (C=O) groups excluding carboxylic acids is 1. The van der Waals surface area contributed by atoms with Crippen molar-refractivity contribution in [1.82, 2.24) is 18.7 Å². The lowest BCUT2D eigenvalue weighted by atomic mass is 10.2. The van der Waals surface area contributed by atoms with Crippen molar-refractivity contribution in [2.75, 3.05) is 18.8 Å². The second-order valence-electron chi connectivity index (χ2n) is 6.90. The van der Waals surface area contributed by atoms with Crippen molar-refractivity contribution in [1.29, 1.82) is 0 Å². The standard InChI is InChI=1S/C19H19BrN6O6/c1-10(27)30-5-4-26-15-16(24(2)19(29)25(3)17(15)28)22-18(26)23-21-8-11-6-13-14(7-12(11)20)32-9-31-13/h6-8H,4-5,9H2,1-3H3,(H,22,23). The number of hydrogen-bond donors (Lipinski definition) is 1. The molecule has 0 fully saturated rings. The summed E-state index contributed by atoms with van der Waals surface area (Å²) in [5.41, 5.74) is 2.86. The van der Waals surface area contributed by atoms with Crippen molar-refractivity contribution in [3.8, 4) is 11.5 Å². The quantitative estimate of drug-likeness (QED) is 0.296. The van der Waals surface area contributed by atoms with E-state index < -0.39 is 17.2 Å². The lowest BCUT2D eigenvalue weighted by molar-refractivity contribution is -0.141. The van der Waals surface area contributed by atoms with Gasteiger partial charge in [0.15, 0.2) is 22.7 Å². The Kier molecular flexibility index (Phi) is 5.74. The first-order chi connectivity index (χ1) is 15.3. The van der Waals surface area contributed by atoms with Gasteiger partial charge in [-0.25, -0.2) is 10.2 Å². The van der Waals surface area contributed by atoms with E-state index in [0.29, 0.717) is 17.1 Å². The van der Waals surface area contributed by atoms with E-state index in [-0.39, 0.29) is 37.1 Å². The summed E-state index contributed by atoms with van der Waals surface area (Å²) < 4.78 is 20.2. The first-order valence-electron chi connectivity index (χ1n) is 9.45. The lowest BCUT2D eigenvalue weighted by Gasteiger charge is -2.09. The van der Waals surface area contributed by atoms with Gasteiger partial charge in [0.05, 0.1) is 12.8 Å². The van der Waals surface area contributed by atoms with Gasteiger partial charge in [0, 0.05) is 31.1 Å². The SMILES string of the molecule is CC(=O)OCCn1c(NN=Cc2cc3c(cc2Br)OCO3)nc2c1c(=O)n(C)c(=O)n2C. The molecule has 0 saturated heterocycles. The second-order valence-corrected chi connectivity index (χ2v) is 7.76. The van der Waals surface area contributed by atoms with Crippen molar-refractivity contribution in [3.05, 3.63) is 43.0 Å². The monoisotopic (exact) mass is 506 g/mol. The smallest absolute Gasteiger partial charge is 0.332 e. The van der Waals surface area contributed by atoms with Crippen LogP contribution in [-0.2, 0) is 30.2 Å². The topological polar surface area (TPSA) is 131 Å². The molecule has 4 rings (SSSR count). The van der Waals surface area contributed by atoms with E-state index in [1.54, 1.807) is 18.3 Å². The number of benzene rings is 1. The number of nitrogens with one attached hydrogen (secondary N) is 1. The summed E-state index contributed by atoms with van der Waals surface area (Å²) in [5.74, 6) is 0.987. The van der Waals surface area contributed by atoms with Crippen molar-refractivity contribution in [3.63, 3.8) is 0 Å². The molecule has 3 heterocycles. The van der Waals surface area contributed by atoms with E-state index in [0.717, 1.165) is 9.04 Å². The van der Waals surface area contributed by atoms with Gasteiger partial charge in [-0.2, -0.15) is 10.1 Å². The van der Waals surface area contributed by atoms with Crippen molar-refractivity contribution >= 4 is 45.2 Å². The number of halogens is 1. The zero-order valence-electron chi connectivity index (χ0n) is 17.4. The molecule has 0 spiro atoms. The van der Waals surface area contributed by atoms with Gasteiger partial charge in [0.25, 0.3) is 5.56 Å². The van der Waals surface area contributed by atoms with E-state index >= 15 is 0 Å². The molecule has 0 saturated carbocycles. The van der Waals surface area contributed by atoms with E-state index in [1.807, 2.05) is 0 Å². The largest absolute Gasteiger partial charge is 0.464 e. The molecule has 0 amide bonds. The Labute approximate surface area is 189 Å². The van der Waals surface area contributed by atoms with Crippen LogP contribution in [0.3, 0.4) is 0 Å². The number of ether oxygens (including phenoxy) is 3. The molecule has 1 aliphatic heterocycles. The van der Waals surface area contributed by atoms with Crippen LogP contribution < -0.4 is 26.1 Å². The summed E-state index contributed by atoms with van der Waals surface area (Å²) in [6, 6.07) is 3.54. The van der Waals surface area contributed by atoms with Gasteiger partial charge < -0.3 is 14.2 Å². The molecule has 0 aliphatic carbocycles. The van der Waals surface area contributed by atoms with E-state index in [9.17, 15) is 14.4 Å². The maximum atomic E-state index is 12.8. The number of aromatic nitrogens is 4. The average Bonchev–Trinajstić information content (AvgIpc) is 3.35. The summed E-state index contributed by atoms with van der Waals surface area (Å²) in [4.78, 5) is 40.6. The molecule has 0 bridgehead atoms. The highest BCUT2D eigenvalue weighted by molar-refractivity contribution is 9.10. The fourth-order valence-electron chi connectivity index (χ4n) is 3.22. The maximum absolute atomic E-state index is 12.8. The molecule has 13 heteroatoms. The summed E-state index contributed by atoms with van der Waals surface area (Å²) in [5, 5.41) is 4.21. The molecule has 0 unspecified atom stereocenters. The maximum Gasteiger partial charge on any atom is 0.332 e. The third-order valence-electron chi connectivity index (χ3n) is 4.83. The predicted molar refractivity (Wildman–Crippen MR) is 118 cm³/mol. The number of hydrazone groups is 1. The minimum Gasteiger partial charge on any atom is -0.464 e. The Morgan fingerprint density at radius 2 is 2.00 bits per heavy atom. The zero-order chi connectivity index (χ0) is 23.0. The van der Waals surface area contributed by atoms with Crippen LogP contribution in [0.5, 0.6) is 11.5 Å². The Morgan fingerprint density at radius 1 is 1.28 bits per heavy atom. The molecule has 1 aliphatic rings. The number of rotatable bonds is 6. The summed E-state index contributed by atoms with van der Waals surface area (Å²) in [6.45, 7) is 1.59. The highest BCUT2D eigenvalue weighted by atomic mass is 79.9. The Morgan fingerprint density at radius 3 is 2.72 bits per heavy atom. The van der Waals surface area contributed by atoms with Gasteiger partial charge in [0.1, 0.15) is 6.61 Å². The number of carbonyl (C=O) groups is 1. The van der Waals surface area contributed by atoms with Crippen molar-refractivity contribution in [2.24, 2.45) is 19.2 Å². The molecule has 1 aromatic carbocycles. The molecular formula is C19H19BrN6O6. The first-order valence-corrected chi connectivity index (χ1v) is 10.2. The zero-order valence-corrected chi connectivity index (χ0v) is 19.0. The summed E-state index contributed by atoms with van der Waals surface area (Å²) >= 11 is 3.46. The fourth-order valence-corrected chi connectivity index (χ4v) is 3.65. The van der Waals surface area contributed by atoms with Gasteiger partial charge in [-0.15, -0.1) is 0 Å². The van der Waals surface area contributed by atoms with Gasteiger partial charge in [-0.05, 0) is 28.1 Å². The van der Waals surface area contributed by atoms with Crippen molar-refractivity contribution < 1.29 is 19.0 Å². The van der Waals surface area contributed by atoms with Crippen LogP contribution in [0.2, 0.25) is 0 Å². The molecule has 12 nitrogen and oxygen atoms in total. The molecule has 0 atom stereocenters. The molecule has 1 N–H and O–H groups in total. The minimum atomic E-state index is -0.519. The molecule has 3 aromatic rings. The first kappa shape index (κ1) is 21.6. The van der Waals surface area contributed by atoms with E-state index in [2.05, 4.69) is 31.4 Å². The van der Waals surface area contributed by atoms with Gasteiger partial charge in [-0.3, -0.25) is 23.3 Å². The number of nitrogens with zero attached hydrogens (tertiary/aromatic N) is 5. The summed E-state index contributed by atoms with van der Waals surface area (Å²) in [7, 11) is 2.90. The molecule has 0 radical (unpaired) electrons. The van der Waals surface area contributed by atoms with Crippen LogP contribution in [0.1, 0.15) is 12.5 Å². The van der Waals surface area contributed by atoms with Gasteiger partial charge >= 0.3 is 11.7 Å². The highest BCUT2D eigenvalue weighted by Gasteiger charge is 2.19. The van der Waals surface area contributed by atoms with Crippen LogP contribution in [-0.4, -0.2) is 44.3 Å². The van der Waals surface area contributed by atoms with E-state index in [4.69, 9.17) is 14.2 Å². The van der Waals surface area contributed by atoms with E-state index in [1.165, 1.54) is 30.2 Å². The number of esters is 1.